The van der Waals surface area contributed by atoms with Crippen molar-refractivity contribution >= 4 is 23.4 Å². The lowest BCUT2D eigenvalue weighted by atomic mass is 10.1. The highest BCUT2D eigenvalue weighted by Gasteiger charge is 2.23. The molecule has 0 bridgehead atoms. The highest BCUT2D eigenvalue weighted by molar-refractivity contribution is 6.00. The van der Waals surface area contributed by atoms with Gasteiger partial charge in [0.15, 0.2) is 5.82 Å². The van der Waals surface area contributed by atoms with Crippen LogP contribution in [-0.4, -0.2) is 28.1 Å². The van der Waals surface area contributed by atoms with Crippen molar-refractivity contribution in [2.45, 2.75) is 27.2 Å². The minimum atomic E-state index is -0.294. The van der Waals surface area contributed by atoms with Crippen molar-refractivity contribution in [3.8, 4) is 22.9 Å². The number of aliphatic imine (C=N–C) groups is 1. The molecular formula is C29H31N5O2. The molecule has 1 heterocycles. The number of hydrogen-bond acceptors (Lipinski definition) is 5. The average molecular weight is 482 g/mol. The molecule has 0 saturated carbocycles. The molecule has 184 valence electrons. The number of benzene rings is 3. The topological polar surface area (TPSA) is 84.4 Å². The van der Waals surface area contributed by atoms with Crippen LogP contribution in [0.15, 0.2) is 88.6 Å². The summed E-state index contributed by atoms with van der Waals surface area (Å²) in [5.41, 5.74) is 2.58. The SMILES string of the molecule is CCC(C)C=Nc1c(C(C)=N)n(-c2ccc(Oc3ccccc3)cc2)c(=O)n1-c1cccc(NC)c1. The van der Waals surface area contributed by atoms with Gasteiger partial charge in [0.2, 0.25) is 0 Å². The van der Waals surface area contributed by atoms with E-state index in [-0.39, 0.29) is 17.3 Å². The molecule has 0 spiro atoms. The number of anilines is 1. The fourth-order valence-corrected chi connectivity index (χ4v) is 3.81. The van der Waals surface area contributed by atoms with Gasteiger partial charge in [-0.25, -0.2) is 14.4 Å². The summed E-state index contributed by atoms with van der Waals surface area (Å²) in [7, 11) is 1.83. The highest BCUT2D eigenvalue weighted by Crippen LogP contribution is 2.28. The fourth-order valence-electron chi connectivity index (χ4n) is 3.81. The van der Waals surface area contributed by atoms with Crippen LogP contribution in [0.4, 0.5) is 11.5 Å². The first kappa shape index (κ1) is 24.7. The van der Waals surface area contributed by atoms with Crippen molar-refractivity contribution in [2.75, 3.05) is 12.4 Å². The molecule has 0 radical (unpaired) electrons. The molecule has 1 aromatic heterocycles. The molecule has 0 aliphatic rings. The van der Waals surface area contributed by atoms with E-state index in [1.54, 1.807) is 16.1 Å². The number of nitrogens with one attached hydrogen (secondary N) is 2. The van der Waals surface area contributed by atoms with Gasteiger partial charge in [-0.15, -0.1) is 0 Å². The van der Waals surface area contributed by atoms with Gasteiger partial charge in [0.1, 0.15) is 17.2 Å². The van der Waals surface area contributed by atoms with Crippen LogP contribution < -0.4 is 15.7 Å². The van der Waals surface area contributed by atoms with Gasteiger partial charge in [0, 0.05) is 18.9 Å². The van der Waals surface area contributed by atoms with E-state index in [1.165, 1.54) is 0 Å². The number of para-hydroxylation sites is 1. The molecule has 36 heavy (non-hydrogen) atoms. The monoisotopic (exact) mass is 481 g/mol. The summed E-state index contributed by atoms with van der Waals surface area (Å²) in [6.45, 7) is 5.84. The molecule has 1 unspecified atom stereocenters. The van der Waals surface area contributed by atoms with Crippen molar-refractivity contribution in [1.29, 1.82) is 5.41 Å². The van der Waals surface area contributed by atoms with E-state index >= 15 is 0 Å². The summed E-state index contributed by atoms with van der Waals surface area (Å²) in [5.74, 6) is 2.05. The maximum Gasteiger partial charge on any atom is 0.339 e. The Morgan fingerprint density at radius 1 is 1.00 bits per heavy atom. The van der Waals surface area contributed by atoms with Crippen LogP contribution in [0, 0.1) is 11.3 Å². The largest absolute Gasteiger partial charge is 0.457 e. The summed E-state index contributed by atoms with van der Waals surface area (Å²) in [4.78, 5) is 18.7. The van der Waals surface area contributed by atoms with E-state index in [2.05, 4.69) is 19.2 Å². The summed E-state index contributed by atoms with van der Waals surface area (Å²) in [6.07, 6.45) is 2.77. The lowest BCUT2D eigenvalue weighted by Crippen LogP contribution is -2.23. The van der Waals surface area contributed by atoms with Gasteiger partial charge < -0.3 is 15.5 Å². The minimum Gasteiger partial charge on any atom is -0.457 e. The van der Waals surface area contributed by atoms with Crippen LogP contribution in [0.1, 0.15) is 32.9 Å². The molecule has 7 heteroatoms. The van der Waals surface area contributed by atoms with E-state index in [1.807, 2.05) is 92.1 Å². The second kappa shape index (κ2) is 10.9. The van der Waals surface area contributed by atoms with E-state index in [4.69, 9.17) is 15.1 Å². The Morgan fingerprint density at radius 2 is 1.69 bits per heavy atom. The summed E-state index contributed by atoms with van der Waals surface area (Å²) in [5, 5.41) is 11.7. The third-order valence-corrected chi connectivity index (χ3v) is 5.95. The Labute approximate surface area is 211 Å². The van der Waals surface area contributed by atoms with Crippen molar-refractivity contribution in [2.24, 2.45) is 10.9 Å². The number of ether oxygens (including phenoxy) is 1. The first-order chi connectivity index (χ1) is 17.4. The molecule has 7 nitrogen and oxygen atoms in total. The second-order valence-electron chi connectivity index (χ2n) is 8.62. The summed E-state index contributed by atoms with van der Waals surface area (Å²) >= 11 is 0. The summed E-state index contributed by atoms with van der Waals surface area (Å²) in [6, 6.07) is 24.4. The first-order valence-electron chi connectivity index (χ1n) is 12.0. The second-order valence-corrected chi connectivity index (χ2v) is 8.62. The average Bonchev–Trinajstić information content (AvgIpc) is 3.20. The van der Waals surface area contributed by atoms with Crippen LogP contribution in [0.5, 0.6) is 11.5 Å². The van der Waals surface area contributed by atoms with Crippen LogP contribution in [0.2, 0.25) is 0 Å². The van der Waals surface area contributed by atoms with Crippen LogP contribution in [0.25, 0.3) is 11.4 Å². The summed E-state index contributed by atoms with van der Waals surface area (Å²) < 4.78 is 9.03. The zero-order valence-corrected chi connectivity index (χ0v) is 21.0. The molecule has 4 aromatic rings. The number of aromatic nitrogens is 2. The fraction of sp³-hybridized carbons (Fsp3) is 0.207. The number of hydrogen-bond donors (Lipinski definition) is 2. The van der Waals surface area contributed by atoms with Crippen molar-refractivity contribution in [3.63, 3.8) is 0 Å². The van der Waals surface area contributed by atoms with Gasteiger partial charge in [-0.05, 0) is 73.9 Å². The predicted molar refractivity (Wildman–Crippen MR) is 148 cm³/mol. The van der Waals surface area contributed by atoms with E-state index in [0.29, 0.717) is 28.6 Å². The van der Waals surface area contributed by atoms with Gasteiger partial charge in [-0.1, -0.05) is 38.1 Å². The minimum absolute atomic E-state index is 0.230. The zero-order chi connectivity index (χ0) is 25.7. The molecule has 0 aliphatic heterocycles. The van der Waals surface area contributed by atoms with Crippen molar-refractivity contribution in [1.82, 2.24) is 9.13 Å². The maximum absolute atomic E-state index is 13.9. The maximum atomic E-state index is 13.9. The standard InChI is InChI=1S/C29H31N5O2/c1-5-20(2)19-32-28-27(21(3)30)33(29(35)34(28)24-11-9-10-22(18-24)31-4)23-14-16-26(17-15-23)36-25-12-7-6-8-13-25/h6-20,30-31H,5H2,1-4H3. The van der Waals surface area contributed by atoms with E-state index in [0.717, 1.165) is 17.9 Å². The van der Waals surface area contributed by atoms with Crippen LogP contribution in [0.3, 0.4) is 0 Å². The Kier molecular flexibility index (Phi) is 7.49. The first-order valence-corrected chi connectivity index (χ1v) is 12.0. The van der Waals surface area contributed by atoms with Gasteiger partial charge in [-0.3, -0.25) is 4.57 Å². The van der Waals surface area contributed by atoms with Gasteiger partial charge in [0.05, 0.1) is 17.1 Å². The molecule has 3 aromatic carbocycles. The Morgan fingerprint density at radius 3 is 2.33 bits per heavy atom. The molecule has 0 saturated heterocycles. The van der Waals surface area contributed by atoms with Crippen LogP contribution >= 0.6 is 0 Å². The van der Waals surface area contributed by atoms with E-state index in [9.17, 15) is 4.79 Å². The predicted octanol–water partition coefficient (Wildman–Crippen LogP) is 6.60. The Hall–Kier alpha value is -4.39. The van der Waals surface area contributed by atoms with E-state index < -0.39 is 0 Å². The number of imidazole rings is 1. The molecule has 0 amide bonds. The van der Waals surface area contributed by atoms with Gasteiger partial charge in [-0.2, -0.15) is 0 Å². The molecule has 2 N–H and O–H groups in total. The Balaban J connectivity index is 1.88. The smallest absolute Gasteiger partial charge is 0.339 e. The molecule has 0 aliphatic carbocycles. The number of nitrogens with zero attached hydrogens (tertiary/aromatic N) is 3. The quantitative estimate of drug-likeness (QED) is 0.264. The Bertz CT molecular complexity index is 1430. The van der Waals surface area contributed by atoms with Crippen molar-refractivity contribution < 1.29 is 4.74 Å². The zero-order valence-electron chi connectivity index (χ0n) is 21.0. The number of rotatable bonds is 9. The lowest BCUT2D eigenvalue weighted by Gasteiger charge is -2.09. The van der Waals surface area contributed by atoms with Crippen LogP contribution in [-0.2, 0) is 0 Å². The highest BCUT2D eigenvalue weighted by atomic mass is 16.5. The van der Waals surface area contributed by atoms with Crippen molar-refractivity contribution in [3.05, 3.63) is 95.0 Å². The molecule has 4 rings (SSSR count). The lowest BCUT2D eigenvalue weighted by molar-refractivity contribution is 0.482. The third kappa shape index (κ3) is 5.15. The molecule has 0 fully saturated rings. The molecule has 1 atom stereocenters. The van der Waals surface area contributed by atoms with Gasteiger partial charge >= 0.3 is 5.69 Å². The van der Waals surface area contributed by atoms with Gasteiger partial charge in [0.25, 0.3) is 0 Å². The third-order valence-electron chi connectivity index (χ3n) is 5.95. The molecular weight excluding hydrogens is 450 g/mol. The normalized spacial score (nSPS) is 12.0.